The molecule has 0 aliphatic carbocycles. The number of nitrogens with zero attached hydrogens (tertiary/aromatic N) is 1. The van der Waals surface area contributed by atoms with E-state index in [0.29, 0.717) is 49.6 Å². The van der Waals surface area contributed by atoms with Gasteiger partial charge in [-0.05, 0) is 67.3 Å². The van der Waals surface area contributed by atoms with Crippen LogP contribution in [0, 0.1) is 5.82 Å². The molecule has 1 fully saturated rings. The summed E-state index contributed by atoms with van der Waals surface area (Å²) in [6.45, 7) is 3.87. The first kappa shape index (κ1) is 24.3. The summed E-state index contributed by atoms with van der Waals surface area (Å²) in [7, 11) is 1.60. The molecule has 1 aliphatic rings. The lowest BCUT2D eigenvalue weighted by atomic mass is 10.0. The van der Waals surface area contributed by atoms with Crippen LogP contribution in [0.15, 0.2) is 48.5 Å². The molecule has 2 aromatic rings. The molecule has 0 atom stereocenters. The van der Waals surface area contributed by atoms with Crippen LogP contribution in [-0.2, 0) is 4.79 Å². The summed E-state index contributed by atoms with van der Waals surface area (Å²) < 4.78 is 24.2. The fourth-order valence-electron chi connectivity index (χ4n) is 3.62. The van der Waals surface area contributed by atoms with E-state index in [1.807, 2.05) is 18.2 Å². The summed E-state index contributed by atoms with van der Waals surface area (Å²) >= 11 is 0. The van der Waals surface area contributed by atoms with E-state index < -0.39 is 0 Å². The lowest BCUT2D eigenvalue weighted by Crippen LogP contribution is -2.46. The average Bonchev–Trinajstić information content (AvgIpc) is 2.84. The molecular formula is C26H31FN2O4. The number of rotatable bonds is 9. The number of hydrogen-bond donors (Lipinski definition) is 1. The van der Waals surface area contributed by atoms with Gasteiger partial charge < -0.3 is 19.7 Å². The minimum absolute atomic E-state index is 0.0138. The Morgan fingerprint density at radius 1 is 1.12 bits per heavy atom. The van der Waals surface area contributed by atoms with Crippen LogP contribution >= 0.6 is 0 Å². The maximum Gasteiger partial charge on any atom is 0.251 e. The highest BCUT2D eigenvalue weighted by Gasteiger charge is 2.23. The number of halogens is 1. The summed E-state index contributed by atoms with van der Waals surface area (Å²) in [5, 5.41) is 2.96. The van der Waals surface area contributed by atoms with E-state index in [9.17, 15) is 14.0 Å². The van der Waals surface area contributed by atoms with Crippen LogP contribution in [0.4, 0.5) is 4.39 Å². The first-order valence-corrected chi connectivity index (χ1v) is 11.3. The van der Waals surface area contributed by atoms with Gasteiger partial charge >= 0.3 is 0 Å². The van der Waals surface area contributed by atoms with E-state index in [1.54, 1.807) is 24.2 Å². The van der Waals surface area contributed by atoms with Gasteiger partial charge in [0.15, 0.2) is 11.5 Å². The molecule has 1 heterocycles. The molecule has 2 aromatic carbocycles. The van der Waals surface area contributed by atoms with Gasteiger partial charge in [0, 0.05) is 30.8 Å². The third-order valence-electron chi connectivity index (χ3n) is 5.61. The van der Waals surface area contributed by atoms with Crippen LogP contribution in [0.5, 0.6) is 11.5 Å². The Labute approximate surface area is 194 Å². The van der Waals surface area contributed by atoms with Crippen molar-refractivity contribution in [3.8, 4) is 11.5 Å². The smallest absolute Gasteiger partial charge is 0.251 e. The van der Waals surface area contributed by atoms with Crippen LogP contribution < -0.4 is 14.8 Å². The Balaban J connectivity index is 1.49. The average molecular weight is 455 g/mol. The van der Waals surface area contributed by atoms with Gasteiger partial charge in [-0.1, -0.05) is 19.4 Å². The van der Waals surface area contributed by atoms with Crippen LogP contribution in [0.3, 0.4) is 0 Å². The van der Waals surface area contributed by atoms with Crippen molar-refractivity contribution in [3.63, 3.8) is 0 Å². The van der Waals surface area contributed by atoms with Crippen LogP contribution in [0.25, 0.3) is 6.08 Å². The highest BCUT2D eigenvalue weighted by Crippen LogP contribution is 2.28. The first-order chi connectivity index (χ1) is 16.0. The predicted molar refractivity (Wildman–Crippen MR) is 126 cm³/mol. The van der Waals surface area contributed by atoms with Crippen LogP contribution in [0.1, 0.15) is 48.5 Å². The van der Waals surface area contributed by atoms with Gasteiger partial charge in [0.2, 0.25) is 5.91 Å². The van der Waals surface area contributed by atoms with Crippen molar-refractivity contribution in [1.82, 2.24) is 10.2 Å². The van der Waals surface area contributed by atoms with Crippen molar-refractivity contribution in [1.29, 1.82) is 0 Å². The summed E-state index contributed by atoms with van der Waals surface area (Å²) in [6, 6.07) is 11.1. The number of hydrogen-bond acceptors (Lipinski definition) is 4. The summed E-state index contributed by atoms with van der Waals surface area (Å²) in [5.41, 5.74) is 1.28. The van der Waals surface area contributed by atoms with Crippen molar-refractivity contribution in [2.24, 2.45) is 0 Å². The summed E-state index contributed by atoms with van der Waals surface area (Å²) in [6.07, 6.45) is 6.70. The maximum atomic E-state index is 13.0. The van der Waals surface area contributed by atoms with Crippen molar-refractivity contribution >= 4 is 17.9 Å². The monoisotopic (exact) mass is 454 g/mol. The van der Waals surface area contributed by atoms with Gasteiger partial charge in [-0.2, -0.15) is 0 Å². The molecule has 6 nitrogen and oxygen atoms in total. The summed E-state index contributed by atoms with van der Waals surface area (Å²) in [4.78, 5) is 26.7. The van der Waals surface area contributed by atoms with Crippen molar-refractivity contribution < 1.29 is 23.5 Å². The molecule has 7 heteroatoms. The summed E-state index contributed by atoms with van der Waals surface area (Å²) in [5.74, 6) is 0.662. The second-order valence-corrected chi connectivity index (χ2v) is 8.03. The number of carbonyl (C=O) groups is 2. The molecule has 1 N–H and O–H groups in total. The van der Waals surface area contributed by atoms with E-state index in [4.69, 9.17) is 9.47 Å². The van der Waals surface area contributed by atoms with Gasteiger partial charge in [-0.25, -0.2) is 4.39 Å². The number of benzene rings is 2. The molecule has 2 amide bonds. The lowest BCUT2D eigenvalue weighted by Gasteiger charge is -2.31. The number of amides is 2. The Kier molecular flexibility index (Phi) is 8.87. The largest absolute Gasteiger partial charge is 0.493 e. The minimum Gasteiger partial charge on any atom is -0.493 e. The third kappa shape index (κ3) is 7.07. The van der Waals surface area contributed by atoms with E-state index in [0.717, 1.165) is 18.4 Å². The van der Waals surface area contributed by atoms with Crippen molar-refractivity contribution in [2.45, 2.75) is 38.6 Å². The van der Waals surface area contributed by atoms with Gasteiger partial charge in [0.25, 0.3) is 5.91 Å². The maximum absolute atomic E-state index is 13.0. The quantitative estimate of drug-likeness (QED) is 0.449. The standard InChI is InChI=1S/C26H31FN2O4/c1-3-4-17-33-23-11-5-19(18-24(23)32-2)6-12-25(30)29-15-13-22(14-16-29)28-26(31)20-7-9-21(27)10-8-20/h5-12,18,22H,3-4,13-17H2,1-2H3,(H,28,31)/b12-6+. The molecule has 33 heavy (non-hydrogen) atoms. The van der Waals surface area contributed by atoms with E-state index in [2.05, 4.69) is 12.2 Å². The normalized spacial score (nSPS) is 14.3. The Bertz CT molecular complexity index is 967. The molecule has 176 valence electrons. The minimum atomic E-state index is -0.374. The number of likely N-dealkylation sites (tertiary alicyclic amines) is 1. The number of methoxy groups -OCH3 is 1. The fraction of sp³-hybridized carbons (Fsp3) is 0.385. The molecule has 3 rings (SSSR count). The van der Waals surface area contributed by atoms with E-state index in [1.165, 1.54) is 24.3 Å². The molecule has 1 aliphatic heterocycles. The molecule has 0 unspecified atom stereocenters. The second-order valence-electron chi connectivity index (χ2n) is 8.03. The zero-order chi connectivity index (χ0) is 23.6. The predicted octanol–water partition coefficient (Wildman–Crippen LogP) is 4.45. The zero-order valence-corrected chi connectivity index (χ0v) is 19.2. The van der Waals surface area contributed by atoms with Gasteiger partial charge in [-0.3, -0.25) is 9.59 Å². The van der Waals surface area contributed by atoms with Gasteiger partial charge in [0.1, 0.15) is 5.82 Å². The third-order valence-corrected chi connectivity index (χ3v) is 5.61. The SMILES string of the molecule is CCCCOc1ccc(/C=C/C(=O)N2CCC(NC(=O)c3ccc(F)cc3)CC2)cc1OC. The Morgan fingerprint density at radius 3 is 2.52 bits per heavy atom. The van der Waals surface area contributed by atoms with Crippen molar-refractivity contribution in [3.05, 3.63) is 65.5 Å². The number of ether oxygens (including phenoxy) is 2. The molecule has 0 saturated carbocycles. The molecule has 0 radical (unpaired) electrons. The Morgan fingerprint density at radius 2 is 1.85 bits per heavy atom. The molecule has 0 spiro atoms. The topological polar surface area (TPSA) is 67.9 Å². The molecule has 1 saturated heterocycles. The molecular weight excluding hydrogens is 423 g/mol. The number of carbonyl (C=O) groups excluding carboxylic acids is 2. The molecule has 0 aromatic heterocycles. The number of nitrogens with one attached hydrogen (secondary N) is 1. The van der Waals surface area contributed by atoms with Gasteiger partial charge in [-0.15, -0.1) is 0 Å². The Hall–Kier alpha value is -3.35. The highest BCUT2D eigenvalue weighted by molar-refractivity contribution is 5.94. The molecule has 0 bridgehead atoms. The van der Waals surface area contributed by atoms with Crippen molar-refractivity contribution in [2.75, 3.05) is 26.8 Å². The van der Waals surface area contributed by atoms with Gasteiger partial charge in [0.05, 0.1) is 13.7 Å². The van der Waals surface area contributed by atoms with E-state index >= 15 is 0 Å². The number of piperidine rings is 1. The van der Waals surface area contributed by atoms with Crippen LogP contribution in [-0.4, -0.2) is 49.6 Å². The van der Waals surface area contributed by atoms with E-state index in [-0.39, 0.29) is 23.7 Å². The first-order valence-electron chi connectivity index (χ1n) is 11.3. The second kappa shape index (κ2) is 12.0. The van der Waals surface area contributed by atoms with Crippen LogP contribution in [0.2, 0.25) is 0 Å². The fourth-order valence-corrected chi connectivity index (χ4v) is 3.62. The zero-order valence-electron chi connectivity index (χ0n) is 19.2. The lowest BCUT2D eigenvalue weighted by molar-refractivity contribution is -0.127. The highest BCUT2D eigenvalue weighted by atomic mass is 19.1. The number of unbranched alkanes of at least 4 members (excludes halogenated alkanes) is 1.